The van der Waals surface area contributed by atoms with E-state index in [4.69, 9.17) is 4.74 Å². The number of benzene rings is 3. The number of halogens is 3. The van der Waals surface area contributed by atoms with Gasteiger partial charge in [0.05, 0.1) is 12.7 Å². The first-order valence-electron chi connectivity index (χ1n) is 7.32. The first-order valence-corrected chi connectivity index (χ1v) is 7.32. The van der Waals surface area contributed by atoms with Gasteiger partial charge in [0, 0.05) is 6.07 Å². The van der Waals surface area contributed by atoms with Crippen molar-refractivity contribution in [1.82, 2.24) is 0 Å². The molecule has 0 atom stereocenters. The second kappa shape index (κ2) is 6.40. The SMILES string of the molecule is COc1[c]ccc(-c2ccc(-c3ccccc3)cc2C(F)(F)F)c1. The van der Waals surface area contributed by atoms with Crippen molar-refractivity contribution in [3.8, 4) is 28.0 Å². The van der Waals surface area contributed by atoms with Crippen LogP contribution in [0.15, 0.2) is 66.7 Å². The molecule has 0 N–H and O–H groups in total. The summed E-state index contributed by atoms with van der Waals surface area (Å²) in [5.41, 5.74) is 1.17. The van der Waals surface area contributed by atoms with Crippen molar-refractivity contribution in [2.24, 2.45) is 0 Å². The summed E-state index contributed by atoms with van der Waals surface area (Å²) in [6.07, 6.45) is -4.45. The van der Waals surface area contributed by atoms with E-state index in [2.05, 4.69) is 6.07 Å². The van der Waals surface area contributed by atoms with E-state index in [0.717, 1.165) is 5.56 Å². The van der Waals surface area contributed by atoms with Crippen LogP contribution in [0.1, 0.15) is 5.56 Å². The second-order valence-corrected chi connectivity index (χ2v) is 5.27. The van der Waals surface area contributed by atoms with E-state index in [-0.39, 0.29) is 5.56 Å². The van der Waals surface area contributed by atoms with Crippen LogP contribution in [0, 0.1) is 6.07 Å². The van der Waals surface area contributed by atoms with Crippen LogP contribution in [-0.2, 0) is 6.18 Å². The lowest BCUT2D eigenvalue weighted by atomic mass is 9.94. The highest BCUT2D eigenvalue weighted by molar-refractivity contribution is 5.75. The lowest BCUT2D eigenvalue weighted by Gasteiger charge is -2.15. The Morgan fingerprint density at radius 1 is 0.833 bits per heavy atom. The van der Waals surface area contributed by atoms with E-state index < -0.39 is 11.7 Å². The van der Waals surface area contributed by atoms with E-state index in [9.17, 15) is 13.2 Å². The number of ether oxygens (including phenoxy) is 1. The highest BCUT2D eigenvalue weighted by Crippen LogP contribution is 2.40. The number of alkyl halides is 3. The van der Waals surface area contributed by atoms with Gasteiger partial charge in [-0.05, 0) is 40.5 Å². The van der Waals surface area contributed by atoms with Gasteiger partial charge in [-0.25, -0.2) is 0 Å². The predicted molar refractivity (Wildman–Crippen MR) is 87.7 cm³/mol. The molecule has 4 heteroatoms. The smallest absolute Gasteiger partial charge is 0.417 e. The van der Waals surface area contributed by atoms with Gasteiger partial charge < -0.3 is 4.74 Å². The Bertz CT molecular complexity index is 839. The number of hydrogen-bond acceptors (Lipinski definition) is 1. The third kappa shape index (κ3) is 3.27. The molecule has 0 aliphatic carbocycles. The summed E-state index contributed by atoms with van der Waals surface area (Å²) in [5.74, 6) is 0.396. The number of hydrogen-bond donors (Lipinski definition) is 0. The Morgan fingerprint density at radius 3 is 2.25 bits per heavy atom. The lowest BCUT2D eigenvalue weighted by Crippen LogP contribution is -2.07. The van der Waals surface area contributed by atoms with E-state index >= 15 is 0 Å². The van der Waals surface area contributed by atoms with Crippen LogP contribution in [-0.4, -0.2) is 7.11 Å². The predicted octanol–water partition coefficient (Wildman–Crippen LogP) is 5.85. The van der Waals surface area contributed by atoms with Crippen LogP contribution in [0.2, 0.25) is 0 Å². The van der Waals surface area contributed by atoms with Crippen LogP contribution < -0.4 is 4.74 Å². The van der Waals surface area contributed by atoms with Crippen molar-refractivity contribution in [2.45, 2.75) is 6.18 Å². The molecule has 0 aromatic heterocycles. The highest BCUT2D eigenvalue weighted by atomic mass is 19.4. The highest BCUT2D eigenvalue weighted by Gasteiger charge is 2.34. The summed E-state index contributed by atoms with van der Waals surface area (Å²) in [5, 5.41) is 0. The first kappa shape index (κ1) is 16.1. The molecule has 1 radical (unpaired) electrons. The molecule has 0 saturated carbocycles. The van der Waals surface area contributed by atoms with Crippen molar-refractivity contribution >= 4 is 0 Å². The molecule has 3 aromatic carbocycles. The summed E-state index contributed by atoms with van der Waals surface area (Å²) in [6, 6.07) is 20.9. The fourth-order valence-corrected chi connectivity index (χ4v) is 2.57. The van der Waals surface area contributed by atoms with Gasteiger partial charge >= 0.3 is 6.18 Å². The summed E-state index contributed by atoms with van der Waals surface area (Å²) >= 11 is 0. The van der Waals surface area contributed by atoms with Crippen LogP contribution in [0.5, 0.6) is 5.75 Å². The number of rotatable bonds is 3. The Kier molecular flexibility index (Phi) is 4.30. The Balaban J connectivity index is 2.16. The largest absolute Gasteiger partial charge is 0.496 e. The Morgan fingerprint density at radius 2 is 1.58 bits per heavy atom. The molecule has 0 fully saturated rings. The average Bonchev–Trinajstić information content (AvgIpc) is 2.61. The molecule has 0 unspecified atom stereocenters. The molecule has 0 saturated heterocycles. The standard InChI is InChI=1S/C20H14F3O/c1-24-17-9-5-8-16(12-17)18-11-10-15(13-19(18)20(21,22)23)14-6-3-2-4-7-14/h2-8,10-13H,1H3. The zero-order chi connectivity index (χ0) is 17.2. The van der Waals surface area contributed by atoms with Gasteiger partial charge in [-0.2, -0.15) is 13.2 Å². The van der Waals surface area contributed by atoms with Crippen molar-refractivity contribution in [2.75, 3.05) is 7.11 Å². The van der Waals surface area contributed by atoms with Crippen LogP contribution >= 0.6 is 0 Å². The van der Waals surface area contributed by atoms with E-state index in [1.54, 1.807) is 48.5 Å². The van der Waals surface area contributed by atoms with Gasteiger partial charge in [0.25, 0.3) is 0 Å². The van der Waals surface area contributed by atoms with Gasteiger partial charge in [-0.1, -0.05) is 48.5 Å². The molecule has 0 aliphatic heterocycles. The maximum atomic E-state index is 13.6. The molecular formula is C20H14F3O. The molecule has 3 rings (SSSR count). The quantitative estimate of drug-likeness (QED) is 0.586. The Hall–Kier alpha value is -2.75. The summed E-state index contributed by atoms with van der Waals surface area (Å²) in [4.78, 5) is 0. The van der Waals surface area contributed by atoms with Gasteiger partial charge in [-0.15, -0.1) is 0 Å². The van der Waals surface area contributed by atoms with E-state index in [1.165, 1.54) is 19.2 Å². The first-order chi connectivity index (χ1) is 11.5. The van der Waals surface area contributed by atoms with Gasteiger partial charge in [0.2, 0.25) is 0 Å². The summed E-state index contributed by atoms with van der Waals surface area (Å²) in [6.45, 7) is 0. The minimum absolute atomic E-state index is 0.120. The van der Waals surface area contributed by atoms with E-state index in [1.807, 2.05) is 6.07 Å². The molecule has 1 nitrogen and oxygen atoms in total. The minimum atomic E-state index is -4.45. The van der Waals surface area contributed by atoms with Crippen molar-refractivity contribution in [3.05, 3.63) is 78.4 Å². The maximum Gasteiger partial charge on any atom is 0.417 e. The van der Waals surface area contributed by atoms with Crippen molar-refractivity contribution in [3.63, 3.8) is 0 Å². The molecule has 0 bridgehead atoms. The van der Waals surface area contributed by atoms with Gasteiger partial charge in [0.1, 0.15) is 5.75 Å². The summed E-state index contributed by atoms with van der Waals surface area (Å²) < 4.78 is 45.8. The van der Waals surface area contributed by atoms with Gasteiger partial charge in [0.15, 0.2) is 0 Å². The third-order valence-corrected chi connectivity index (χ3v) is 3.74. The normalized spacial score (nSPS) is 11.3. The van der Waals surface area contributed by atoms with Crippen LogP contribution in [0.25, 0.3) is 22.3 Å². The molecule has 24 heavy (non-hydrogen) atoms. The Labute approximate surface area is 138 Å². The number of methoxy groups -OCH3 is 1. The minimum Gasteiger partial charge on any atom is -0.496 e. The van der Waals surface area contributed by atoms with Crippen LogP contribution in [0.4, 0.5) is 13.2 Å². The van der Waals surface area contributed by atoms with Crippen molar-refractivity contribution in [1.29, 1.82) is 0 Å². The third-order valence-electron chi connectivity index (χ3n) is 3.74. The molecule has 0 amide bonds. The molecule has 121 valence electrons. The lowest BCUT2D eigenvalue weighted by molar-refractivity contribution is -0.137. The molecule has 0 aliphatic rings. The molecule has 3 aromatic rings. The summed E-state index contributed by atoms with van der Waals surface area (Å²) in [7, 11) is 1.46. The molecule has 0 spiro atoms. The zero-order valence-electron chi connectivity index (χ0n) is 12.9. The topological polar surface area (TPSA) is 9.23 Å². The zero-order valence-corrected chi connectivity index (χ0v) is 12.9. The fraction of sp³-hybridized carbons (Fsp3) is 0.100. The van der Waals surface area contributed by atoms with Crippen molar-refractivity contribution < 1.29 is 17.9 Å². The fourth-order valence-electron chi connectivity index (χ4n) is 2.57. The average molecular weight is 327 g/mol. The van der Waals surface area contributed by atoms with Gasteiger partial charge in [-0.3, -0.25) is 0 Å². The molecular weight excluding hydrogens is 313 g/mol. The van der Waals surface area contributed by atoms with E-state index in [0.29, 0.717) is 16.9 Å². The maximum absolute atomic E-state index is 13.6. The molecule has 0 heterocycles. The monoisotopic (exact) mass is 327 g/mol. The second-order valence-electron chi connectivity index (χ2n) is 5.27. The van der Waals surface area contributed by atoms with Crippen LogP contribution in [0.3, 0.4) is 0 Å².